The van der Waals surface area contributed by atoms with E-state index >= 15 is 0 Å². The maximum Gasteiger partial charge on any atom is 0.318 e. The molecule has 1 spiro atoms. The van der Waals surface area contributed by atoms with Crippen molar-refractivity contribution in [3.05, 3.63) is 34.4 Å². The van der Waals surface area contributed by atoms with E-state index in [2.05, 4.69) is 10.6 Å². The summed E-state index contributed by atoms with van der Waals surface area (Å²) in [4.78, 5) is 26.1. The standard InChI is InChI=1S/C20H22ClF4N3O2/c1-10-17(29)26-4-5-28(10)18(30)27-16(12-2-3-13(22)14(21)15(12)23)11-6-19(7-11)8-20(24,25)9-19/h2-3,10-11,16H,4-9H2,1H3,(H,26,29)(H,27,30)/t10-,16?/m1/s1. The molecule has 30 heavy (non-hydrogen) atoms. The second-order valence-corrected chi connectivity index (χ2v) is 9.11. The minimum atomic E-state index is -2.68. The Morgan fingerprint density at radius 3 is 2.60 bits per heavy atom. The number of nitrogens with one attached hydrogen (secondary N) is 2. The van der Waals surface area contributed by atoms with Gasteiger partial charge in [0.1, 0.15) is 22.7 Å². The molecule has 3 aliphatic rings. The quantitative estimate of drug-likeness (QED) is 0.543. The van der Waals surface area contributed by atoms with Gasteiger partial charge >= 0.3 is 6.03 Å². The number of nitrogens with zero attached hydrogens (tertiary/aromatic N) is 1. The highest BCUT2D eigenvalue weighted by Gasteiger charge is 2.63. The van der Waals surface area contributed by atoms with Crippen LogP contribution in [0.3, 0.4) is 0 Å². The molecular weight excluding hydrogens is 426 g/mol. The third-order valence-corrected chi connectivity index (χ3v) is 6.91. The number of carbonyl (C=O) groups is 2. The van der Waals surface area contributed by atoms with Crippen LogP contribution in [0.15, 0.2) is 12.1 Å². The number of amides is 3. The zero-order chi connectivity index (χ0) is 21.8. The predicted octanol–water partition coefficient (Wildman–Crippen LogP) is 4.01. The van der Waals surface area contributed by atoms with Gasteiger partial charge in [-0.05, 0) is 37.2 Å². The van der Waals surface area contributed by atoms with E-state index in [4.69, 9.17) is 11.6 Å². The average molecular weight is 448 g/mol. The van der Waals surface area contributed by atoms with Gasteiger partial charge in [0.25, 0.3) is 0 Å². The molecule has 1 aromatic rings. The van der Waals surface area contributed by atoms with Crippen LogP contribution in [0.5, 0.6) is 0 Å². The lowest BCUT2D eigenvalue weighted by atomic mass is 9.48. The number of piperazine rings is 1. The molecule has 1 heterocycles. The Labute approximate surface area is 176 Å². The van der Waals surface area contributed by atoms with E-state index < -0.39 is 46.1 Å². The molecule has 1 saturated heterocycles. The molecule has 0 bridgehead atoms. The molecule has 1 unspecified atom stereocenters. The van der Waals surface area contributed by atoms with Crippen molar-refractivity contribution in [1.29, 1.82) is 0 Å². The Kier molecular flexibility index (Phi) is 5.15. The monoisotopic (exact) mass is 447 g/mol. The van der Waals surface area contributed by atoms with Gasteiger partial charge in [-0.25, -0.2) is 22.4 Å². The zero-order valence-corrected chi connectivity index (χ0v) is 17.0. The van der Waals surface area contributed by atoms with Crippen LogP contribution in [0.4, 0.5) is 22.4 Å². The SMILES string of the molecule is C[C@@H]1C(=O)NCCN1C(=O)NC(c1ccc(F)c(Cl)c1F)C1CC2(C1)CC(F)(F)C2. The second-order valence-electron chi connectivity index (χ2n) is 8.73. The normalized spacial score (nSPS) is 25.9. The molecule has 1 aliphatic heterocycles. The molecule has 0 aromatic heterocycles. The van der Waals surface area contributed by atoms with Crippen molar-refractivity contribution < 1.29 is 27.2 Å². The molecule has 2 aliphatic carbocycles. The first-order valence-corrected chi connectivity index (χ1v) is 10.3. The molecule has 4 rings (SSSR count). The van der Waals surface area contributed by atoms with Crippen LogP contribution < -0.4 is 10.6 Å². The first-order chi connectivity index (χ1) is 14.0. The summed E-state index contributed by atoms with van der Waals surface area (Å²) in [7, 11) is 0. The molecule has 5 nitrogen and oxygen atoms in total. The molecular formula is C20H22ClF4N3O2. The maximum atomic E-state index is 14.8. The van der Waals surface area contributed by atoms with Crippen LogP contribution in [0.25, 0.3) is 0 Å². The predicted molar refractivity (Wildman–Crippen MR) is 101 cm³/mol. The summed E-state index contributed by atoms with van der Waals surface area (Å²) >= 11 is 5.73. The van der Waals surface area contributed by atoms with E-state index in [9.17, 15) is 27.2 Å². The van der Waals surface area contributed by atoms with Crippen molar-refractivity contribution in [2.45, 2.75) is 50.6 Å². The van der Waals surface area contributed by atoms with Gasteiger partial charge in [0, 0.05) is 31.5 Å². The largest absolute Gasteiger partial charge is 0.353 e. The fraction of sp³-hybridized carbons (Fsp3) is 0.600. The summed E-state index contributed by atoms with van der Waals surface area (Å²) < 4.78 is 55.1. The lowest BCUT2D eigenvalue weighted by Crippen LogP contribution is -2.60. The number of urea groups is 1. The average Bonchev–Trinajstić information content (AvgIpc) is 2.63. The highest BCUT2D eigenvalue weighted by atomic mass is 35.5. The van der Waals surface area contributed by atoms with Crippen molar-refractivity contribution in [2.75, 3.05) is 13.1 Å². The van der Waals surface area contributed by atoms with E-state index in [1.54, 1.807) is 6.92 Å². The van der Waals surface area contributed by atoms with Gasteiger partial charge in [-0.15, -0.1) is 0 Å². The number of hydrogen-bond donors (Lipinski definition) is 2. The fourth-order valence-electron chi connectivity index (χ4n) is 5.13. The van der Waals surface area contributed by atoms with Crippen LogP contribution in [-0.2, 0) is 4.79 Å². The van der Waals surface area contributed by atoms with Crippen LogP contribution >= 0.6 is 11.6 Å². The van der Waals surface area contributed by atoms with Crippen molar-refractivity contribution in [1.82, 2.24) is 15.5 Å². The molecule has 3 amide bonds. The summed E-state index contributed by atoms with van der Waals surface area (Å²) in [6, 6.07) is 0.0885. The fourth-order valence-corrected chi connectivity index (χ4v) is 5.30. The van der Waals surface area contributed by atoms with Crippen molar-refractivity contribution >= 4 is 23.5 Å². The van der Waals surface area contributed by atoms with E-state index in [1.807, 2.05) is 0 Å². The second kappa shape index (κ2) is 7.28. The number of rotatable bonds is 3. The first kappa shape index (κ1) is 21.2. The van der Waals surface area contributed by atoms with E-state index in [0.717, 1.165) is 6.07 Å². The van der Waals surface area contributed by atoms with Gasteiger partial charge in [-0.1, -0.05) is 17.7 Å². The smallest absolute Gasteiger partial charge is 0.318 e. The molecule has 2 N–H and O–H groups in total. The van der Waals surface area contributed by atoms with E-state index in [1.165, 1.54) is 11.0 Å². The number of alkyl halides is 2. The number of hydrogen-bond acceptors (Lipinski definition) is 2. The zero-order valence-electron chi connectivity index (χ0n) is 16.3. The molecule has 3 fully saturated rings. The molecule has 0 radical (unpaired) electrons. The molecule has 2 atom stereocenters. The van der Waals surface area contributed by atoms with Gasteiger partial charge in [0.2, 0.25) is 11.8 Å². The van der Waals surface area contributed by atoms with Crippen LogP contribution in [0, 0.1) is 23.0 Å². The third-order valence-electron chi connectivity index (χ3n) is 6.57. The lowest BCUT2D eigenvalue weighted by molar-refractivity contribution is -0.210. The Balaban J connectivity index is 1.56. The highest BCUT2D eigenvalue weighted by molar-refractivity contribution is 6.31. The van der Waals surface area contributed by atoms with Gasteiger partial charge in [-0.3, -0.25) is 4.79 Å². The summed E-state index contributed by atoms with van der Waals surface area (Å²) in [5, 5.41) is 4.72. The lowest BCUT2D eigenvalue weighted by Gasteiger charge is -2.59. The van der Waals surface area contributed by atoms with Crippen molar-refractivity contribution in [3.8, 4) is 0 Å². The maximum absolute atomic E-state index is 14.8. The summed E-state index contributed by atoms with van der Waals surface area (Å²) in [6.07, 6.45) is 0.371. The molecule has 10 heteroatoms. The number of benzene rings is 1. The van der Waals surface area contributed by atoms with Gasteiger partial charge < -0.3 is 15.5 Å². The molecule has 1 aromatic carbocycles. The minimum absolute atomic E-state index is 0.00907. The first-order valence-electron chi connectivity index (χ1n) is 9.88. The molecule has 164 valence electrons. The van der Waals surface area contributed by atoms with Gasteiger partial charge in [-0.2, -0.15) is 0 Å². The Bertz CT molecular complexity index is 881. The Morgan fingerprint density at radius 1 is 1.30 bits per heavy atom. The number of carbonyl (C=O) groups excluding carboxylic acids is 2. The summed E-state index contributed by atoms with van der Waals surface area (Å²) in [6.45, 7) is 2.14. The van der Waals surface area contributed by atoms with Gasteiger partial charge in [0.15, 0.2) is 0 Å². The number of halogens is 5. The van der Waals surface area contributed by atoms with Crippen LogP contribution in [-0.4, -0.2) is 41.9 Å². The topological polar surface area (TPSA) is 61.4 Å². The highest BCUT2D eigenvalue weighted by Crippen LogP contribution is 2.66. The Hall–Kier alpha value is -2.03. The third kappa shape index (κ3) is 3.61. The van der Waals surface area contributed by atoms with Crippen molar-refractivity contribution in [3.63, 3.8) is 0 Å². The van der Waals surface area contributed by atoms with Crippen LogP contribution in [0.1, 0.15) is 44.2 Å². The van der Waals surface area contributed by atoms with E-state index in [0.29, 0.717) is 19.4 Å². The van der Waals surface area contributed by atoms with Crippen molar-refractivity contribution in [2.24, 2.45) is 11.3 Å². The van der Waals surface area contributed by atoms with E-state index in [-0.39, 0.29) is 36.8 Å². The summed E-state index contributed by atoms with van der Waals surface area (Å²) in [5.74, 6) is -5.18. The van der Waals surface area contributed by atoms with Crippen LogP contribution in [0.2, 0.25) is 5.02 Å². The Morgan fingerprint density at radius 2 is 1.97 bits per heavy atom. The molecule has 2 saturated carbocycles. The minimum Gasteiger partial charge on any atom is -0.353 e. The van der Waals surface area contributed by atoms with Gasteiger partial charge in [0.05, 0.1) is 6.04 Å². The summed E-state index contributed by atoms with van der Waals surface area (Å²) in [5.41, 5.74) is -0.481.